The quantitative estimate of drug-likeness (QED) is 0.671. The molecule has 1 atom stereocenters. The molecular weight excluding hydrogens is 365 g/mol. The summed E-state index contributed by atoms with van der Waals surface area (Å²) in [5, 5.41) is 14.6. The first-order chi connectivity index (χ1) is 12.7. The molecule has 9 heteroatoms. The minimum Gasteiger partial charge on any atom is -0.406 e. The van der Waals surface area contributed by atoms with Crippen LogP contribution in [-0.2, 0) is 9.59 Å². The molecule has 0 unspecified atom stereocenters. The maximum Gasteiger partial charge on any atom is 0.573 e. The fourth-order valence-corrected chi connectivity index (χ4v) is 2.17. The van der Waals surface area contributed by atoms with Crippen LogP contribution < -0.4 is 15.4 Å². The molecule has 144 valence electrons. The molecule has 0 heterocycles. The molecule has 0 spiro atoms. The van der Waals surface area contributed by atoms with E-state index in [0.29, 0.717) is 5.56 Å². The van der Waals surface area contributed by atoms with Gasteiger partial charge in [-0.2, -0.15) is 0 Å². The lowest BCUT2D eigenvalue weighted by Gasteiger charge is -2.12. The maximum absolute atomic E-state index is 12.1. The van der Waals surface area contributed by atoms with E-state index in [2.05, 4.69) is 15.4 Å². The van der Waals surface area contributed by atoms with Gasteiger partial charge in [-0.15, -0.1) is 13.2 Å². The lowest BCUT2D eigenvalue weighted by Crippen LogP contribution is -2.36. The van der Waals surface area contributed by atoms with E-state index in [1.807, 2.05) is 6.07 Å². The van der Waals surface area contributed by atoms with Crippen LogP contribution in [-0.4, -0.2) is 29.8 Å². The van der Waals surface area contributed by atoms with Gasteiger partial charge in [-0.1, -0.05) is 30.3 Å². The predicted molar refractivity (Wildman–Crippen MR) is 90.8 cm³/mol. The number of carbonyl (C=O) groups excluding carboxylic acids is 2. The molecule has 27 heavy (non-hydrogen) atoms. The van der Waals surface area contributed by atoms with Crippen molar-refractivity contribution in [3.63, 3.8) is 0 Å². The van der Waals surface area contributed by atoms with Crippen molar-refractivity contribution in [1.82, 2.24) is 5.32 Å². The summed E-state index contributed by atoms with van der Waals surface area (Å²) in [7, 11) is 0. The average Bonchev–Trinajstić information content (AvgIpc) is 2.62. The number of carbonyl (C=O) groups is 2. The van der Waals surface area contributed by atoms with Gasteiger partial charge in [0.15, 0.2) is 0 Å². The summed E-state index contributed by atoms with van der Waals surface area (Å²) in [5.41, 5.74) is 0.825. The van der Waals surface area contributed by atoms with Gasteiger partial charge in [-0.3, -0.25) is 9.59 Å². The zero-order valence-electron chi connectivity index (χ0n) is 14.0. The molecule has 0 fully saturated rings. The summed E-state index contributed by atoms with van der Waals surface area (Å²) in [5.74, 6) is -2.35. The van der Waals surface area contributed by atoms with Gasteiger partial charge in [0.2, 0.25) is 0 Å². The highest BCUT2D eigenvalue weighted by atomic mass is 19.4. The zero-order chi connectivity index (χ0) is 19.9. The second-order valence-corrected chi connectivity index (χ2v) is 5.50. The first kappa shape index (κ1) is 20.2. The van der Waals surface area contributed by atoms with Gasteiger partial charge in [0.25, 0.3) is 0 Å². The lowest BCUT2D eigenvalue weighted by atomic mass is 10.1. The number of hydrogen-bond acceptors (Lipinski definition) is 4. The summed E-state index contributed by atoms with van der Waals surface area (Å²) < 4.78 is 39.9. The highest BCUT2D eigenvalue weighted by Crippen LogP contribution is 2.23. The minimum absolute atomic E-state index is 0.0701. The number of amides is 2. The third kappa shape index (κ3) is 6.98. The monoisotopic (exact) mass is 382 g/mol. The van der Waals surface area contributed by atoms with Gasteiger partial charge in [0.05, 0.1) is 6.10 Å². The van der Waals surface area contributed by atoms with Crippen molar-refractivity contribution >= 4 is 17.5 Å². The molecule has 2 aromatic carbocycles. The van der Waals surface area contributed by atoms with Crippen LogP contribution >= 0.6 is 0 Å². The second-order valence-electron chi connectivity index (χ2n) is 5.50. The second kappa shape index (κ2) is 9.04. The van der Waals surface area contributed by atoms with Crippen LogP contribution in [0.2, 0.25) is 0 Å². The fraction of sp³-hybridized carbons (Fsp3) is 0.222. The summed E-state index contributed by atoms with van der Waals surface area (Å²) in [6.45, 7) is 0.0701. The predicted octanol–water partition coefficient (Wildman–Crippen LogP) is 2.76. The Labute approximate surface area is 153 Å². The van der Waals surface area contributed by atoms with Crippen LogP contribution in [0.4, 0.5) is 18.9 Å². The van der Waals surface area contributed by atoms with E-state index in [0.717, 1.165) is 12.1 Å². The molecule has 0 aliphatic rings. The third-order valence-electron chi connectivity index (χ3n) is 3.44. The maximum atomic E-state index is 12.1. The van der Waals surface area contributed by atoms with E-state index in [1.165, 1.54) is 12.1 Å². The number of aliphatic hydroxyl groups is 1. The molecular formula is C18H17F3N2O4. The van der Waals surface area contributed by atoms with Gasteiger partial charge >= 0.3 is 18.2 Å². The van der Waals surface area contributed by atoms with Crippen molar-refractivity contribution < 1.29 is 32.6 Å². The Morgan fingerprint density at radius 1 is 1.00 bits per heavy atom. The van der Waals surface area contributed by atoms with Crippen molar-refractivity contribution in [3.05, 3.63) is 60.2 Å². The number of halogens is 3. The van der Waals surface area contributed by atoms with E-state index in [9.17, 15) is 27.9 Å². The van der Waals surface area contributed by atoms with Crippen molar-refractivity contribution in [2.24, 2.45) is 0 Å². The molecule has 2 rings (SSSR count). The number of hydrogen-bond donors (Lipinski definition) is 3. The Morgan fingerprint density at radius 2 is 1.63 bits per heavy atom. The van der Waals surface area contributed by atoms with Gasteiger partial charge in [0, 0.05) is 12.2 Å². The Kier molecular flexibility index (Phi) is 6.78. The number of nitrogens with one attached hydrogen (secondary N) is 2. The molecule has 0 aliphatic heterocycles. The normalized spacial score (nSPS) is 12.1. The van der Waals surface area contributed by atoms with Crippen molar-refractivity contribution in [2.75, 3.05) is 11.9 Å². The number of ether oxygens (including phenoxy) is 1. The molecule has 2 aromatic rings. The molecule has 0 radical (unpaired) electrons. The van der Waals surface area contributed by atoms with Gasteiger partial charge in [-0.05, 0) is 36.2 Å². The summed E-state index contributed by atoms with van der Waals surface area (Å²) >= 11 is 0. The molecule has 0 aromatic heterocycles. The smallest absolute Gasteiger partial charge is 0.406 e. The summed E-state index contributed by atoms with van der Waals surface area (Å²) in [4.78, 5) is 23.5. The lowest BCUT2D eigenvalue weighted by molar-refractivity contribution is -0.274. The Morgan fingerprint density at radius 3 is 2.22 bits per heavy atom. The third-order valence-corrected chi connectivity index (χ3v) is 3.44. The molecule has 0 aliphatic carbocycles. The molecule has 0 saturated heterocycles. The highest BCUT2D eigenvalue weighted by Gasteiger charge is 2.31. The Balaban J connectivity index is 1.77. The topological polar surface area (TPSA) is 87.7 Å². The van der Waals surface area contributed by atoms with Crippen LogP contribution in [0.25, 0.3) is 0 Å². The fourth-order valence-electron chi connectivity index (χ4n) is 2.17. The average molecular weight is 382 g/mol. The van der Waals surface area contributed by atoms with E-state index >= 15 is 0 Å². The number of anilines is 1. The number of alkyl halides is 3. The SMILES string of the molecule is O=C(NCC[C@@H](O)c1ccccc1)C(=O)Nc1ccc(OC(F)(F)F)cc1. The molecule has 3 N–H and O–H groups in total. The zero-order valence-corrected chi connectivity index (χ0v) is 14.0. The largest absolute Gasteiger partial charge is 0.573 e. The summed E-state index contributed by atoms with van der Waals surface area (Å²) in [6.07, 6.45) is -5.38. The van der Waals surface area contributed by atoms with Crippen molar-refractivity contribution in [2.45, 2.75) is 18.9 Å². The molecule has 0 bridgehead atoms. The first-order valence-electron chi connectivity index (χ1n) is 7.92. The standard InChI is InChI=1S/C18H17F3N2O4/c19-18(20,21)27-14-8-6-13(7-9-14)23-17(26)16(25)22-11-10-15(24)12-4-2-1-3-5-12/h1-9,15,24H,10-11H2,(H,22,25)(H,23,26)/t15-/m1/s1. The number of aliphatic hydroxyl groups excluding tert-OH is 1. The highest BCUT2D eigenvalue weighted by molar-refractivity contribution is 6.39. The van der Waals surface area contributed by atoms with Crippen LogP contribution in [0.3, 0.4) is 0 Å². The Bertz CT molecular complexity index is 764. The molecule has 6 nitrogen and oxygen atoms in total. The van der Waals surface area contributed by atoms with E-state index in [4.69, 9.17) is 0 Å². The summed E-state index contributed by atoms with van der Waals surface area (Å²) in [6, 6.07) is 13.2. The molecule has 2 amide bonds. The van der Waals surface area contributed by atoms with Gasteiger partial charge in [0.1, 0.15) is 5.75 Å². The van der Waals surface area contributed by atoms with Crippen molar-refractivity contribution in [3.8, 4) is 5.75 Å². The Hall–Kier alpha value is -3.07. The van der Waals surface area contributed by atoms with Gasteiger partial charge in [-0.25, -0.2) is 0 Å². The molecule has 0 saturated carbocycles. The van der Waals surface area contributed by atoms with Gasteiger partial charge < -0.3 is 20.5 Å². The van der Waals surface area contributed by atoms with E-state index in [1.54, 1.807) is 24.3 Å². The van der Waals surface area contributed by atoms with Crippen LogP contribution in [0.1, 0.15) is 18.1 Å². The first-order valence-corrected chi connectivity index (χ1v) is 7.92. The van der Waals surface area contributed by atoms with Crippen molar-refractivity contribution in [1.29, 1.82) is 0 Å². The number of rotatable bonds is 6. The van der Waals surface area contributed by atoms with Crippen LogP contribution in [0.15, 0.2) is 54.6 Å². The van der Waals surface area contributed by atoms with Crippen LogP contribution in [0, 0.1) is 0 Å². The van der Waals surface area contributed by atoms with E-state index < -0.39 is 30.0 Å². The van der Waals surface area contributed by atoms with Crippen LogP contribution in [0.5, 0.6) is 5.75 Å². The van der Waals surface area contributed by atoms with E-state index in [-0.39, 0.29) is 18.7 Å². The number of benzene rings is 2. The minimum atomic E-state index is -4.81.